The number of ketones is 1. The van der Waals surface area contributed by atoms with Crippen molar-refractivity contribution in [3.63, 3.8) is 0 Å². The minimum absolute atomic E-state index is 0.0580. The first kappa shape index (κ1) is 18.0. The topological polar surface area (TPSA) is 103 Å². The molecule has 27 heavy (non-hydrogen) atoms. The van der Waals surface area contributed by atoms with Crippen LogP contribution < -0.4 is 14.4 Å². The Bertz CT molecular complexity index is 1000. The summed E-state index contributed by atoms with van der Waals surface area (Å²) in [7, 11) is 1.67. The van der Waals surface area contributed by atoms with Crippen molar-refractivity contribution >= 4 is 17.4 Å². The number of Topliss-reactive ketones (excluding diaryl/α,β-unsaturated/α-hetero) is 1. The molecule has 0 bridgehead atoms. The summed E-state index contributed by atoms with van der Waals surface area (Å²) in [4.78, 5) is 23.8. The fraction of sp³-hybridized carbons (Fsp3) is 0.200. The minimum atomic E-state index is -0.104. The second-order valence-electron chi connectivity index (χ2n) is 5.97. The molecule has 2 aliphatic rings. The van der Waals surface area contributed by atoms with Gasteiger partial charge in [0.1, 0.15) is 18.1 Å². The van der Waals surface area contributed by atoms with Gasteiger partial charge in [0.25, 0.3) is 5.91 Å². The van der Waals surface area contributed by atoms with E-state index in [9.17, 15) is 9.59 Å². The third kappa shape index (κ3) is 3.88. The van der Waals surface area contributed by atoms with Crippen LogP contribution in [0.4, 0.5) is 5.69 Å². The highest BCUT2D eigenvalue weighted by Gasteiger charge is 2.22. The second kappa shape index (κ2) is 7.59. The zero-order valence-corrected chi connectivity index (χ0v) is 14.6. The van der Waals surface area contributed by atoms with Crippen LogP contribution in [0.5, 0.6) is 11.5 Å². The molecule has 0 fully saturated rings. The Labute approximate surface area is 155 Å². The number of ether oxygens (including phenoxy) is 2. The molecule has 0 aliphatic carbocycles. The molecule has 2 aromatic rings. The van der Waals surface area contributed by atoms with Crippen molar-refractivity contribution in [2.75, 3.05) is 25.2 Å². The second-order valence-corrected chi connectivity index (χ2v) is 5.97. The van der Waals surface area contributed by atoms with Gasteiger partial charge in [0.2, 0.25) is 0 Å². The highest BCUT2D eigenvalue weighted by Crippen LogP contribution is 2.31. The first-order valence-corrected chi connectivity index (χ1v) is 8.13. The molecule has 7 heteroatoms. The fourth-order valence-electron chi connectivity index (χ4n) is 2.69. The normalized spacial score (nSPS) is 14.3. The average Bonchev–Trinajstić information content (AvgIpc) is 2.70. The Kier molecular flexibility index (Phi) is 5.05. The molecule has 0 N–H and O–H groups in total. The molecule has 0 aromatic heterocycles. The number of nitriles is 2. The zero-order valence-electron chi connectivity index (χ0n) is 14.6. The van der Waals surface area contributed by atoms with E-state index in [4.69, 9.17) is 20.0 Å². The standard InChI is InChI=1S/C10H8N2O2.C10H7NO2/c1-12-8-4-7(5-11)2-3-9(8)14-6-10(12)13;11-5-7-1-2-10-8(3-7)4-9(12)6-13-10/h2-4H,6H2,1H3;1-3H,4,6H2. The van der Waals surface area contributed by atoms with E-state index in [0.717, 1.165) is 11.3 Å². The van der Waals surface area contributed by atoms with Crippen molar-refractivity contribution in [1.29, 1.82) is 10.5 Å². The third-order valence-electron chi connectivity index (χ3n) is 4.14. The zero-order chi connectivity index (χ0) is 19.4. The summed E-state index contributed by atoms with van der Waals surface area (Å²) in [6.45, 7) is 0.217. The van der Waals surface area contributed by atoms with E-state index in [0.29, 0.717) is 29.0 Å². The molecule has 0 saturated heterocycles. The summed E-state index contributed by atoms with van der Waals surface area (Å²) in [5, 5.41) is 17.3. The third-order valence-corrected chi connectivity index (χ3v) is 4.14. The van der Waals surface area contributed by atoms with Crippen molar-refractivity contribution in [3.05, 3.63) is 53.1 Å². The maximum absolute atomic E-state index is 11.3. The Morgan fingerprint density at radius 1 is 0.926 bits per heavy atom. The summed E-state index contributed by atoms with van der Waals surface area (Å²) in [5.41, 5.74) is 2.56. The molecule has 0 atom stereocenters. The Balaban J connectivity index is 0.000000156. The van der Waals surface area contributed by atoms with E-state index >= 15 is 0 Å². The number of benzene rings is 2. The predicted molar refractivity (Wildman–Crippen MR) is 95.4 cm³/mol. The molecule has 2 aromatic carbocycles. The molecular weight excluding hydrogens is 346 g/mol. The summed E-state index contributed by atoms with van der Waals surface area (Å²) in [6, 6.07) is 14.2. The molecule has 7 nitrogen and oxygen atoms in total. The largest absolute Gasteiger partial charge is 0.486 e. The first-order valence-electron chi connectivity index (χ1n) is 8.13. The maximum Gasteiger partial charge on any atom is 0.264 e. The quantitative estimate of drug-likeness (QED) is 0.711. The number of fused-ring (bicyclic) bond motifs is 2. The Hall–Kier alpha value is -3.84. The van der Waals surface area contributed by atoms with Crippen molar-refractivity contribution in [2.45, 2.75) is 6.42 Å². The number of hydrogen-bond donors (Lipinski definition) is 0. The van der Waals surface area contributed by atoms with Gasteiger partial charge < -0.3 is 14.4 Å². The average molecular weight is 361 g/mol. The van der Waals surface area contributed by atoms with E-state index in [1.807, 2.05) is 12.1 Å². The lowest BCUT2D eigenvalue weighted by atomic mass is 10.0. The van der Waals surface area contributed by atoms with Gasteiger partial charge in [0, 0.05) is 19.0 Å². The van der Waals surface area contributed by atoms with Crippen LogP contribution in [0.15, 0.2) is 36.4 Å². The van der Waals surface area contributed by atoms with E-state index in [1.165, 1.54) is 4.90 Å². The molecule has 2 aliphatic heterocycles. The molecule has 4 rings (SSSR count). The fourth-order valence-corrected chi connectivity index (χ4v) is 2.69. The van der Waals surface area contributed by atoms with Crippen LogP contribution >= 0.6 is 0 Å². The lowest BCUT2D eigenvalue weighted by Crippen LogP contribution is -2.35. The van der Waals surface area contributed by atoms with Crippen LogP contribution in [0, 0.1) is 22.7 Å². The predicted octanol–water partition coefficient (Wildman–Crippen LogP) is 1.98. The monoisotopic (exact) mass is 361 g/mol. The van der Waals surface area contributed by atoms with Crippen molar-refractivity contribution in [3.8, 4) is 23.6 Å². The smallest absolute Gasteiger partial charge is 0.264 e. The van der Waals surface area contributed by atoms with Gasteiger partial charge in [-0.05, 0) is 36.4 Å². The molecule has 1 amide bonds. The Morgan fingerprint density at radius 3 is 2.26 bits per heavy atom. The molecule has 0 radical (unpaired) electrons. The van der Waals surface area contributed by atoms with Crippen LogP contribution in [-0.2, 0) is 16.0 Å². The van der Waals surface area contributed by atoms with E-state index in [-0.39, 0.29) is 24.9 Å². The molecule has 134 valence electrons. The maximum atomic E-state index is 11.3. The number of carbonyl (C=O) groups is 2. The van der Waals surface area contributed by atoms with Gasteiger partial charge in [-0.3, -0.25) is 9.59 Å². The number of amides is 1. The van der Waals surface area contributed by atoms with Gasteiger partial charge in [-0.2, -0.15) is 10.5 Å². The first-order chi connectivity index (χ1) is 13.0. The minimum Gasteiger partial charge on any atom is -0.486 e. The number of hydrogen-bond acceptors (Lipinski definition) is 6. The highest BCUT2D eigenvalue weighted by atomic mass is 16.5. The number of carbonyl (C=O) groups excluding carboxylic acids is 2. The van der Waals surface area contributed by atoms with Crippen molar-refractivity contribution in [2.24, 2.45) is 0 Å². The van der Waals surface area contributed by atoms with E-state index in [2.05, 4.69) is 0 Å². The van der Waals surface area contributed by atoms with Crippen LogP contribution in [0.25, 0.3) is 0 Å². The van der Waals surface area contributed by atoms with E-state index < -0.39 is 0 Å². The van der Waals surface area contributed by atoms with Crippen LogP contribution in [0.2, 0.25) is 0 Å². The van der Waals surface area contributed by atoms with Gasteiger partial charge in [-0.1, -0.05) is 0 Å². The SMILES string of the molecule is CN1C(=O)COc2ccc(C#N)cc21.N#Cc1ccc2c(c1)CC(=O)CO2. The van der Waals surface area contributed by atoms with Gasteiger partial charge >= 0.3 is 0 Å². The van der Waals surface area contributed by atoms with Crippen molar-refractivity contribution in [1.82, 2.24) is 0 Å². The number of nitrogens with zero attached hydrogens (tertiary/aromatic N) is 3. The number of likely N-dealkylation sites (N-methyl/N-ethyl adjacent to an activating group) is 1. The summed E-state index contributed by atoms with van der Waals surface area (Å²) < 4.78 is 10.4. The number of rotatable bonds is 0. The lowest BCUT2D eigenvalue weighted by Gasteiger charge is -2.25. The molecule has 0 unspecified atom stereocenters. The summed E-state index contributed by atoms with van der Waals surface area (Å²) in [6.07, 6.45) is 0.380. The van der Waals surface area contributed by atoms with Gasteiger partial charge in [0.05, 0.1) is 29.0 Å². The molecular formula is C20H15N3O4. The summed E-state index contributed by atoms with van der Waals surface area (Å²) >= 11 is 0. The highest BCUT2D eigenvalue weighted by molar-refractivity contribution is 5.97. The van der Waals surface area contributed by atoms with Gasteiger partial charge in [-0.25, -0.2) is 0 Å². The lowest BCUT2D eigenvalue weighted by molar-refractivity contribution is -0.121. The molecule has 0 spiro atoms. The van der Waals surface area contributed by atoms with Crippen LogP contribution in [-0.4, -0.2) is 32.0 Å². The molecule has 0 saturated carbocycles. The van der Waals surface area contributed by atoms with Gasteiger partial charge in [0.15, 0.2) is 12.4 Å². The Morgan fingerprint density at radius 2 is 1.56 bits per heavy atom. The number of anilines is 1. The van der Waals surface area contributed by atoms with Crippen LogP contribution in [0.1, 0.15) is 16.7 Å². The van der Waals surface area contributed by atoms with Crippen molar-refractivity contribution < 1.29 is 19.1 Å². The molecule has 2 heterocycles. The van der Waals surface area contributed by atoms with Gasteiger partial charge in [-0.15, -0.1) is 0 Å². The van der Waals surface area contributed by atoms with Crippen LogP contribution in [0.3, 0.4) is 0 Å². The van der Waals surface area contributed by atoms with E-state index in [1.54, 1.807) is 43.4 Å². The summed E-state index contributed by atoms with van der Waals surface area (Å²) in [5.74, 6) is 1.32.